The highest BCUT2D eigenvalue weighted by molar-refractivity contribution is 7.85. The summed E-state index contributed by atoms with van der Waals surface area (Å²) in [5.74, 6) is 0.541. The lowest BCUT2D eigenvalue weighted by molar-refractivity contribution is -0.137. The maximum atomic E-state index is 13.5. The molecule has 0 bridgehead atoms. The minimum atomic E-state index is -4.53. The summed E-state index contributed by atoms with van der Waals surface area (Å²) in [5, 5.41) is 4.98. The number of pyridine rings is 1. The van der Waals surface area contributed by atoms with Crippen molar-refractivity contribution >= 4 is 32.8 Å². The molecule has 9 nitrogen and oxygen atoms in total. The molecule has 4 rings (SSSR count). The molecule has 200 valence electrons. The first-order valence-electron chi connectivity index (χ1n) is 10.7. The van der Waals surface area contributed by atoms with Crippen molar-refractivity contribution < 1.29 is 30.9 Å². The Morgan fingerprint density at radius 2 is 1.73 bits per heavy atom. The van der Waals surface area contributed by atoms with Crippen LogP contribution in [0.3, 0.4) is 0 Å². The van der Waals surface area contributed by atoms with Crippen LogP contribution >= 0.6 is 11.6 Å². The van der Waals surface area contributed by atoms with E-state index in [1.807, 2.05) is 20.8 Å². The Bertz CT molecular complexity index is 1550. The van der Waals surface area contributed by atoms with Gasteiger partial charge in [-0.1, -0.05) is 50.6 Å². The van der Waals surface area contributed by atoms with Gasteiger partial charge in [0.1, 0.15) is 11.2 Å². The topological polar surface area (TPSA) is 123 Å². The van der Waals surface area contributed by atoms with Gasteiger partial charge in [-0.3, -0.25) is 9.23 Å². The van der Waals surface area contributed by atoms with E-state index >= 15 is 0 Å². The molecule has 0 atom stereocenters. The minimum Gasteiger partial charge on any atom is -0.479 e. The van der Waals surface area contributed by atoms with E-state index in [1.54, 1.807) is 11.7 Å². The predicted octanol–water partition coefficient (Wildman–Crippen LogP) is 5.51. The summed E-state index contributed by atoms with van der Waals surface area (Å²) in [6.45, 7) is 6.00. The number of halogens is 4. The average molecular weight is 560 g/mol. The lowest BCUT2D eigenvalue weighted by Crippen LogP contribution is -2.12. The van der Waals surface area contributed by atoms with E-state index in [1.165, 1.54) is 31.4 Å². The van der Waals surface area contributed by atoms with Crippen LogP contribution in [0.15, 0.2) is 30.3 Å². The van der Waals surface area contributed by atoms with Crippen LogP contribution in [0.1, 0.15) is 32.0 Å². The fourth-order valence-electron chi connectivity index (χ4n) is 3.57. The van der Waals surface area contributed by atoms with Gasteiger partial charge in [0.2, 0.25) is 5.88 Å². The Kier molecular flexibility index (Phi) is 7.64. The number of rotatable bonds is 3. The molecule has 0 aliphatic heterocycles. The molecule has 4 aromatic rings. The van der Waals surface area contributed by atoms with Crippen molar-refractivity contribution in [3.63, 3.8) is 0 Å². The first-order valence-corrected chi connectivity index (χ1v) is 12.9. The number of ether oxygens (including phenoxy) is 1. The number of fused-ring (bicyclic) bond motifs is 1. The number of hydrogen-bond donors (Lipinski definition) is 2. The maximum absolute atomic E-state index is 13.5. The third kappa shape index (κ3) is 6.40. The van der Waals surface area contributed by atoms with Gasteiger partial charge in [0, 0.05) is 18.0 Å². The number of nitrogens with one attached hydrogen (secondary N) is 1. The quantitative estimate of drug-likeness (QED) is 0.317. The summed E-state index contributed by atoms with van der Waals surface area (Å²) >= 11 is 6.63. The fraction of sp³-hybridized carbons (Fsp3) is 0.348. The number of nitrogens with zero attached hydrogens (tertiary/aromatic N) is 4. The Labute approximate surface area is 216 Å². The second kappa shape index (κ2) is 9.95. The molecule has 3 aromatic heterocycles. The SMILES string of the molecule is COc1nc(-c2ccccc2C(F)(F)F)cc2nc(-c3c(Cl)c(C(C)(C)C)nn3C)[nH]c12.CS(=O)(=O)O. The van der Waals surface area contributed by atoms with E-state index in [9.17, 15) is 21.6 Å². The number of aromatic amines is 1. The van der Waals surface area contributed by atoms with Crippen LogP contribution in [-0.2, 0) is 28.8 Å². The van der Waals surface area contributed by atoms with Gasteiger partial charge >= 0.3 is 6.18 Å². The number of aromatic nitrogens is 5. The van der Waals surface area contributed by atoms with Crippen molar-refractivity contribution in [2.75, 3.05) is 13.4 Å². The molecular weight excluding hydrogens is 535 g/mol. The summed E-state index contributed by atoms with van der Waals surface area (Å²) in [6, 6.07) is 6.76. The molecular formula is C23H25ClF3N5O4S. The highest BCUT2D eigenvalue weighted by Gasteiger charge is 2.34. The van der Waals surface area contributed by atoms with E-state index in [4.69, 9.17) is 20.9 Å². The summed E-state index contributed by atoms with van der Waals surface area (Å²) in [4.78, 5) is 12.0. The van der Waals surface area contributed by atoms with Crippen LogP contribution in [0.25, 0.3) is 33.8 Å². The summed E-state index contributed by atoms with van der Waals surface area (Å²) in [7, 11) is -0.513. The molecule has 0 aliphatic carbocycles. The number of aryl methyl sites for hydroxylation is 1. The highest BCUT2D eigenvalue weighted by Crippen LogP contribution is 2.40. The molecule has 0 amide bonds. The van der Waals surface area contributed by atoms with Crippen LogP contribution in [0.4, 0.5) is 13.2 Å². The van der Waals surface area contributed by atoms with Gasteiger partial charge < -0.3 is 9.72 Å². The first kappa shape index (κ1) is 28.4. The zero-order chi connectivity index (χ0) is 27.9. The molecule has 0 fully saturated rings. The van der Waals surface area contributed by atoms with Crippen molar-refractivity contribution in [3.05, 3.63) is 46.6 Å². The van der Waals surface area contributed by atoms with E-state index in [0.29, 0.717) is 39.5 Å². The molecule has 0 unspecified atom stereocenters. The third-order valence-corrected chi connectivity index (χ3v) is 5.43. The normalized spacial score (nSPS) is 12.4. The first-order chi connectivity index (χ1) is 16.9. The number of H-pyrrole nitrogens is 1. The van der Waals surface area contributed by atoms with Gasteiger partial charge in [-0.25, -0.2) is 9.97 Å². The molecule has 0 aliphatic rings. The number of alkyl halides is 3. The summed E-state index contributed by atoms with van der Waals surface area (Å²) < 4.78 is 73.5. The Hall–Kier alpha value is -3.16. The molecule has 14 heteroatoms. The van der Waals surface area contributed by atoms with Gasteiger partial charge in [0.25, 0.3) is 10.1 Å². The summed E-state index contributed by atoms with van der Waals surface area (Å²) in [6.07, 6.45) is -3.81. The second-order valence-electron chi connectivity index (χ2n) is 9.16. The standard InChI is InChI=1S/C22H21ClF3N5O.CH4O3S/c1-21(2,3)18-15(23)17(31(4)30-18)19-27-14-10-13(28-20(32-5)16(14)29-19)11-8-6-7-9-12(11)22(24,25)26;1-5(2,3)4/h6-10H,1-5H3,(H,27,29);1H3,(H,2,3,4). The third-order valence-electron chi connectivity index (χ3n) is 5.07. The predicted molar refractivity (Wildman–Crippen MR) is 134 cm³/mol. The van der Waals surface area contributed by atoms with Crippen LogP contribution in [0.5, 0.6) is 5.88 Å². The number of methoxy groups -OCH3 is 1. The van der Waals surface area contributed by atoms with E-state index in [2.05, 4.69) is 20.1 Å². The summed E-state index contributed by atoms with van der Waals surface area (Å²) in [5.41, 5.74) is 1.10. The van der Waals surface area contributed by atoms with Gasteiger partial charge in [-0.05, 0) is 12.1 Å². The van der Waals surface area contributed by atoms with Gasteiger partial charge in [-0.2, -0.15) is 26.7 Å². The van der Waals surface area contributed by atoms with Crippen LogP contribution in [-0.4, -0.2) is 51.1 Å². The molecule has 2 N–H and O–H groups in total. The minimum absolute atomic E-state index is 0.0571. The molecule has 37 heavy (non-hydrogen) atoms. The zero-order valence-corrected chi connectivity index (χ0v) is 22.3. The van der Waals surface area contributed by atoms with Crippen LogP contribution in [0.2, 0.25) is 5.02 Å². The lowest BCUT2D eigenvalue weighted by Gasteiger charge is -2.15. The molecule has 0 saturated heterocycles. The van der Waals surface area contributed by atoms with Gasteiger partial charge in [0.05, 0.1) is 40.9 Å². The van der Waals surface area contributed by atoms with Gasteiger partial charge in [0.15, 0.2) is 5.82 Å². The van der Waals surface area contributed by atoms with Crippen LogP contribution < -0.4 is 4.74 Å². The van der Waals surface area contributed by atoms with E-state index in [-0.39, 0.29) is 22.6 Å². The van der Waals surface area contributed by atoms with Gasteiger partial charge in [-0.15, -0.1) is 0 Å². The average Bonchev–Trinajstić information content (AvgIpc) is 3.30. The number of imidazole rings is 1. The maximum Gasteiger partial charge on any atom is 0.417 e. The Morgan fingerprint density at radius 1 is 1.14 bits per heavy atom. The Morgan fingerprint density at radius 3 is 2.24 bits per heavy atom. The molecule has 0 spiro atoms. The van der Waals surface area contributed by atoms with E-state index < -0.39 is 21.9 Å². The van der Waals surface area contributed by atoms with Crippen molar-refractivity contribution in [2.45, 2.75) is 32.4 Å². The second-order valence-corrected chi connectivity index (χ2v) is 11.0. The van der Waals surface area contributed by atoms with Crippen molar-refractivity contribution in [2.24, 2.45) is 7.05 Å². The monoisotopic (exact) mass is 559 g/mol. The van der Waals surface area contributed by atoms with Crippen molar-refractivity contribution in [1.29, 1.82) is 0 Å². The highest BCUT2D eigenvalue weighted by atomic mass is 35.5. The number of hydrogen-bond acceptors (Lipinski definition) is 6. The van der Waals surface area contributed by atoms with Crippen molar-refractivity contribution in [3.8, 4) is 28.7 Å². The lowest BCUT2D eigenvalue weighted by atomic mass is 9.92. The molecule has 1 aromatic carbocycles. The van der Waals surface area contributed by atoms with E-state index in [0.717, 1.165) is 6.07 Å². The smallest absolute Gasteiger partial charge is 0.417 e. The molecule has 0 radical (unpaired) electrons. The largest absolute Gasteiger partial charge is 0.479 e. The Balaban J connectivity index is 0.000000695. The number of benzene rings is 1. The zero-order valence-electron chi connectivity index (χ0n) is 20.8. The fourth-order valence-corrected chi connectivity index (χ4v) is 4.10. The molecule has 3 heterocycles. The van der Waals surface area contributed by atoms with Crippen molar-refractivity contribution in [1.82, 2.24) is 24.7 Å². The molecule has 0 saturated carbocycles. The van der Waals surface area contributed by atoms with Crippen LogP contribution in [0, 0.1) is 0 Å².